The van der Waals surface area contributed by atoms with Crippen molar-refractivity contribution in [3.63, 3.8) is 0 Å². The van der Waals surface area contributed by atoms with Gasteiger partial charge in [0.1, 0.15) is 0 Å². The molecule has 0 saturated heterocycles. The van der Waals surface area contributed by atoms with Crippen molar-refractivity contribution in [1.29, 1.82) is 0 Å². The second-order valence-electron chi connectivity index (χ2n) is 2.43. The predicted molar refractivity (Wildman–Crippen MR) is 30.0 cm³/mol. The highest BCUT2D eigenvalue weighted by Gasteiger charge is 2.27. The van der Waals surface area contributed by atoms with Crippen LogP contribution in [0.5, 0.6) is 0 Å². The Morgan fingerprint density at radius 3 is 2.20 bits per heavy atom. The lowest BCUT2D eigenvalue weighted by molar-refractivity contribution is -0.138. The Labute approximate surface area is 57.9 Å². The Kier molecular flexibility index (Phi) is 3.71. The molecule has 0 aromatic heterocycles. The quantitative estimate of drug-likeness (QED) is 0.596. The van der Waals surface area contributed by atoms with Crippen LogP contribution >= 0.6 is 0 Å². The molecule has 0 aromatic rings. The van der Waals surface area contributed by atoms with Crippen molar-refractivity contribution in [2.75, 3.05) is 6.61 Å². The first-order chi connectivity index (χ1) is 4.45. The molecule has 0 rings (SSSR count). The van der Waals surface area contributed by atoms with Gasteiger partial charge in [0, 0.05) is 6.42 Å². The largest absolute Gasteiger partial charge is 0.389 e. The van der Waals surface area contributed by atoms with Gasteiger partial charge in [-0.1, -0.05) is 6.92 Å². The van der Waals surface area contributed by atoms with Crippen LogP contribution < -0.4 is 0 Å². The molecular formula is C6H10F3O. The molecule has 0 bridgehead atoms. The van der Waals surface area contributed by atoms with E-state index < -0.39 is 19.2 Å². The molecule has 61 valence electrons. The molecule has 0 aliphatic carbocycles. The van der Waals surface area contributed by atoms with Crippen LogP contribution in [0.2, 0.25) is 0 Å². The first-order valence-electron chi connectivity index (χ1n) is 3.10. The average molecular weight is 155 g/mol. The minimum absolute atomic E-state index is 0.0486. The molecule has 0 N–H and O–H groups in total. The van der Waals surface area contributed by atoms with Gasteiger partial charge in [0.2, 0.25) is 0 Å². The van der Waals surface area contributed by atoms with Crippen molar-refractivity contribution in [2.24, 2.45) is 5.92 Å². The van der Waals surface area contributed by atoms with Crippen LogP contribution in [0.4, 0.5) is 13.2 Å². The second kappa shape index (κ2) is 3.81. The van der Waals surface area contributed by atoms with Crippen LogP contribution in [-0.4, -0.2) is 12.8 Å². The molecule has 0 fully saturated rings. The van der Waals surface area contributed by atoms with E-state index in [2.05, 4.69) is 0 Å². The summed E-state index contributed by atoms with van der Waals surface area (Å²) in [6, 6.07) is 0. The molecule has 1 unspecified atom stereocenters. The minimum atomic E-state index is -4.11. The monoisotopic (exact) mass is 155 g/mol. The molecule has 1 atom stereocenters. The fourth-order valence-electron chi connectivity index (χ4n) is 0.493. The summed E-state index contributed by atoms with van der Waals surface area (Å²) in [5, 5.41) is 9.98. The van der Waals surface area contributed by atoms with E-state index in [0.29, 0.717) is 0 Å². The summed E-state index contributed by atoms with van der Waals surface area (Å²) >= 11 is 0. The van der Waals surface area contributed by atoms with Crippen molar-refractivity contribution < 1.29 is 18.3 Å². The van der Waals surface area contributed by atoms with Crippen LogP contribution in [0.3, 0.4) is 0 Å². The predicted octanol–water partition coefficient (Wildman–Crippen LogP) is 2.40. The molecule has 1 nitrogen and oxygen atoms in total. The van der Waals surface area contributed by atoms with Crippen molar-refractivity contribution in [3.05, 3.63) is 0 Å². The Bertz CT molecular complexity index is 89.5. The lowest BCUT2D eigenvalue weighted by Gasteiger charge is -2.08. The van der Waals surface area contributed by atoms with Crippen molar-refractivity contribution in [3.8, 4) is 0 Å². The molecule has 4 heteroatoms. The third-order valence-corrected chi connectivity index (χ3v) is 1.21. The Morgan fingerprint density at radius 1 is 1.40 bits per heavy atom. The topological polar surface area (TPSA) is 19.9 Å². The number of halogens is 3. The highest BCUT2D eigenvalue weighted by molar-refractivity contribution is 4.55. The number of rotatable bonds is 3. The van der Waals surface area contributed by atoms with Crippen molar-refractivity contribution in [1.82, 2.24) is 0 Å². The van der Waals surface area contributed by atoms with Crippen LogP contribution in [0.25, 0.3) is 0 Å². The Balaban J connectivity index is 3.36. The van der Waals surface area contributed by atoms with Crippen LogP contribution in [-0.2, 0) is 5.11 Å². The smallest absolute Gasteiger partial charge is 0.236 e. The van der Waals surface area contributed by atoms with E-state index in [1.807, 2.05) is 0 Å². The van der Waals surface area contributed by atoms with Crippen LogP contribution in [0, 0.1) is 5.92 Å². The molecule has 0 saturated carbocycles. The van der Waals surface area contributed by atoms with Gasteiger partial charge in [-0.15, -0.1) is 0 Å². The van der Waals surface area contributed by atoms with Gasteiger partial charge in [0.25, 0.3) is 0 Å². The third kappa shape index (κ3) is 5.88. The third-order valence-electron chi connectivity index (χ3n) is 1.21. The molecule has 0 heterocycles. The first-order valence-corrected chi connectivity index (χ1v) is 3.10. The van der Waals surface area contributed by atoms with E-state index in [0.717, 1.165) is 0 Å². The summed E-state index contributed by atoms with van der Waals surface area (Å²) in [4.78, 5) is 0. The highest BCUT2D eigenvalue weighted by Crippen LogP contribution is 2.23. The maximum atomic E-state index is 11.5. The van der Waals surface area contributed by atoms with Gasteiger partial charge in [-0.2, -0.15) is 13.2 Å². The summed E-state index contributed by atoms with van der Waals surface area (Å²) in [5.41, 5.74) is 0. The summed E-state index contributed by atoms with van der Waals surface area (Å²) in [5.74, 6) is -0.360. The molecule has 1 radical (unpaired) electrons. The van der Waals surface area contributed by atoms with Gasteiger partial charge in [0.15, 0.2) is 0 Å². The summed E-state index contributed by atoms with van der Waals surface area (Å²) in [7, 11) is 0. The second-order valence-corrected chi connectivity index (χ2v) is 2.43. The SMILES string of the molecule is CC(C[O])CCC(F)(F)F. The van der Waals surface area contributed by atoms with Gasteiger partial charge < -0.3 is 0 Å². The van der Waals surface area contributed by atoms with Crippen molar-refractivity contribution >= 4 is 0 Å². The Hall–Kier alpha value is -0.250. The molecule has 0 aliphatic heterocycles. The summed E-state index contributed by atoms with van der Waals surface area (Å²) in [6.07, 6.45) is -4.99. The number of hydrogen-bond acceptors (Lipinski definition) is 0. The van der Waals surface area contributed by atoms with Gasteiger partial charge in [-0.25, -0.2) is 5.11 Å². The van der Waals surface area contributed by atoms with E-state index in [-0.39, 0.29) is 12.3 Å². The van der Waals surface area contributed by atoms with Crippen molar-refractivity contribution in [2.45, 2.75) is 25.9 Å². The lowest BCUT2D eigenvalue weighted by atomic mass is 10.1. The fourth-order valence-corrected chi connectivity index (χ4v) is 0.493. The Morgan fingerprint density at radius 2 is 1.90 bits per heavy atom. The zero-order valence-electron chi connectivity index (χ0n) is 5.74. The van der Waals surface area contributed by atoms with Gasteiger partial charge in [0.05, 0.1) is 6.61 Å². The molecule has 0 amide bonds. The van der Waals surface area contributed by atoms with E-state index in [4.69, 9.17) is 0 Å². The average Bonchev–Trinajstić information content (AvgIpc) is 1.81. The van der Waals surface area contributed by atoms with Gasteiger partial charge in [-0.3, -0.25) is 0 Å². The van der Waals surface area contributed by atoms with Crippen LogP contribution in [0.1, 0.15) is 19.8 Å². The first kappa shape index (κ1) is 9.75. The van der Waals surface area contributed by atoms with E-state index in [1.54, 1.807) is 0 Å². The van der Waals surface area contributed by atoms with E-state index in [1.165, 1.54) is 6.92 Å². The van der Waals surface area contributed by atoms with Gasteiger partial charge in [-0.05, 0) is 12.3 Å². The van der Waals surface area contributed by atoms with E-state index in [9.17, 15) is 18.3 Å². The molecular weight excluding hydrogens is 145 g/mol. The fraction of sp³-hybridized carbons (Fsp3) is 1.00. The summed E-state index contributed by atoms with van der Waals surface area (Å²) < 4.78 is 34.4. The lowest BCUT2D eigenvalue weighted by Crippen LogP contribution is -2.10. The molecule has 0 spiro atoms. The normalized spacial score (nSPS) is 15.3. The maximum Gasteiger partial charge on any atom is 0.389 e. The zero-order valence-corrected chi connectivity index (χ0v) is 5.74. The van der Waals surface area contributed by atoms with Gasteiger partial charge >= 0.3 is 6.18 Å². The number of hydrogen-bond donors (Lipinski definition) is 0. The highest BCUT2D eigenvalue weighted by atomic mass is 19.4. The number of alkyl halides is 3. The standard InChI is InChI=1S/C6H10F3O/c1-5(4-10)2-3-6(7,8)9/h5H,2-4H2,1H3. The van der Waals surface area contributed by atoms with E-state index >= 15 is 0 Å². The van der Waals surface area contributed by atoms with Crippen LogP contribution in [0.15, 0.2) is 0 Å². The molecule has 10 heavy (non-hydrogen) atoms. The maximum absolute atomic E-state index is 11.5. The molecule has 0 aromatic carbocycles. The zero-order chi connectivity index (χ0) is 8.20. The minimum Gasteiger partial charge on any atom is -0.236 e. The molecule has 0 aliphatic rings. The summed E-state index contributed by atoms with van der Waals surface area (Å²) in [6.45, 7) is 1.11.